The standard InChI is InChI=1S/C16H19NO2/c1-17-14(18)11-16(12-7-3-2-4-8-12)10-6-5-9-13(16)15(17)19/h2-4,7-8,13H,5-6,9-11H2,1H3/t13-,16+/m0/s1. The number of hydrogen-bond acceptors (Lipinski definition) is 2. The Morgan fingerprint density at radius 3 is 2.63 bits per heavy atom. The zero-order valence-electron chi connectivity index (χ0n) is 11.3. The summed E-state index contributed by atoms with van der Waals surface area (Å²) in [6, 6.07) is 10.1. The van der Waals surface area contributed by atoms with Gasteiger partial charge in [-0.05, 0) is 18.4 Å². The van der Waals surface area contributed by atoms with Gasteiger partial charge in [-0.25, -0.2) is 0 Å². The molecular weight excluding hydrogens is 238 g/mol. The fourth-order valence-electron chi connectivity index (χ4n) is 3.77. The number of imide groups is 1. The predicted molar refractivity (Wildman–Crippen MR) is 72.5 cm³/mol. The maximum absolute atomic E-state index is 12.5. The van der Waals surface area contributed by atoms with Crippen molar-refractivity contribution in [1.29, 1.82) is 0 Å². The number of piperidine rings is 1. The van der Waals surface area contributed by atoms with Crippen LogP contribution >= 0.6 is 0 Å². The lowest BCUT2D eigenvalue weighted by Gasteiger charge is -2.48. The Morgan fingerprint density at radius 1 is 1.16 bits per heavy atom. The second-order valence-electron chi connectivity index (χ2n) is 5.79. The molecule has 1 aromatic rings. The van der Waals surface area contributed by atoms with Crippen molar-refractivity contribution in [2.45, 2.75) is 37.5 Å². The van der Waals surface area contributed by atoms with Gasteiger partial charge < -0.3 is 0 Å². The van der Waals surface area contributed by atoms with Gasteiger partial charge in [-0.15, -0.1) is 0 Å². The molecule has 2 fully saturated rings. The number of fused-ring (bicyclic) bond motifs is 1. The van der Waals surface area contributed by atoms with Crippen LogP contribution in [0.5, 0.6) is 0 Å². The first kappa shape index (κ1) is 12.4. The van der Waals surface area contributed by atoms with E-state index in [9.17, 15) is 9.59 Å². The lowest BCUT2D eigenvalue weighted by atomic mass is 9.58. The summed E-state index contributed by atoms with van der Waals surface area (Å²) < 4.78 is 0. The van der Waals surface area contributed by atoms with Crippen LogP contribution in [0.25, 0.3) is 0 Å². The maximum Gasteiger partial charge on any atom is 0.232 e. The molecule has 2 amide bonds. The van der Waals surface area contributed by atoms with E-state index in [0.717, 1.165) is 31.2 Å². The Labute approximate surface area is 113 Å². The summed E-state index contributed by atoms with van der Waals surface area (Å²) in [5, 5.41) is 0. The molecule has 0 bridgehead atoms. The molecule has 100 valence electrons. The average Bonchev–Trinajstić information content (AvgIpc) is 2.46. The molecule has 0 unspecified atom stereocenters. The second kappa shape index (κ2) is 4.48. The zero-order valence-corrected chi connectivity index (χ0v) is 11.3. The number of nitrogens with zero attached hydrogens (tertiary/aromatic N) is 1. The van der Waals surface area contributed by atoms with Gasteiger partial charge in [0.25, 0.3) is 0 Å². The summed E-state index contributed by atoms with van der Waals surface area (Å²) in [4.78, 5) is 25.9. The molecular formula is C16H19NO2. The summed E-state index contributed by atoms with van der Waals surface area (Å²) in [5.41, 5.74) is 0.912. The minimum atomic E-state index is -0.250. The van der Waals surface area contributed by atoms with Gasteiger partial charge in [-0.3, -0.25) is 14.5 Å². The number of hydrogen-bond donors (Lipinski definition) is 0. The first-order valence-electron chi connectivity index (χ1n) is 7.01. The van der Waals surface area contributed by atoms with Gasteiger partial charge in [0.05, 0.1) is 0 Å². The molecule has 0 N–H and O–H groups in total. The first-order chi connectivity index (χ1) is 9.15. The molecule has 3 rings (SSSR count). The van der Waals surface area contributed by atoms with E-state index in [0.29, 0.717) is 6.42 Å². The second-order valence-corrected chi connectivity index (χ2v) is 5.79. The van der Waals surface area contributed by atoms with Crippen molar-refractivity contribution in [3.8, 4) is 0 Å². The number of carbonyl (C=O) groups is 2. The number of likely N-dealkylation sites (tertiary alicyclic amines) is 1. The molecule has 1 heterocycles. The van der Waals surface area contributed by atoms with E-state index in [1.54, 1.807) is 7.05 Å². The van der Waals surface area contributed by atoms with Crippen molar-refractivity contribution in [2.75, 3.05) is 7.05 Å². The fourth-order valence-corrected chi connectivity index (χ4v) is 3.77. The third kappa shape index (κ3) is 1.79. The van der Waals surface area contributed by atoms with Crippen molar-refractivity contribution in [1.82, 2.24) is 4.90 Å². The highest BCUT2D eigenvalue weighted by molar-refractivity contribution is 6.00. The molecule has 19 heavy (non-hydrogen) atoms. The molecule has 2 aliphatic rings. The Balaban J connectivity index is 2.09. The Bertz CT molecular complexity index is 511. The van der Waals surface area contributed by atoms with Gasteiger partial charge in [-0.1, -0.05) is 43.2 Å². The quantitative estimate of drug-likeness (QED) is 0.725. The van der Waals surface area contributed by atoms with E-state index in [-0.39, 0.29) is 23.1 Å². The Hall–Kier alpha value is -1.64. The molecule has 1 aliphatic carbocycles. The molecule has 0 spiro atoms. The molecule has 3 heteroatoms. The topological polar surface area (TPSA) is 37.4 Å². The van der Waals surface area contributed by atoms with Crippen LogP contribution in [0.2, 0.25) is 0 Å². The van der Waals surface area contributed by atoms with Crippen molar-refractivity contribution < 1.29 is 9.59 Å². The van der Waals surface area contributed by atoms with Gasteiger partial charge in [0.1, 0.15) is 0 Å². The highest BCUT2D eigenvalue weighted by Crippen LogP contribution is 2.49. The van der Waals surface area contributed by atoms with Gasteiger partial charge in [0.15, 0.2) is 0 Å². The van der Waals surface area contributed by atoms with Crippen LogP contribution in [0.1, 0.15) is 37.7 Å². The van der Waals surface area contributed by atoms with Crippen molar-refractivity contribution in [3.63, 3.8) is 0 Å². The maximum atomic E-state index is 12.5. The normalized spacial score (nSPS) is 31.2. The third-order valence-electron chi connectivity index (χ3n) is 4.85. The van der Waals surface area contributed by atoms with Crippen LogP contribution in [-0.4, -0.2) is 23.8 Å². The van der Waals surface area contributed by atoms with E-state index in [4.69, 9.17) is 0 Å². The number of amides is 2. The summed E-state index contributed by atoms with van der Waals surface area (Å²) in [7, 11) is 1.62. The van der Waals surface area contributed by atoms with Gasteiger partial charge >= 0.3 is 0 Å². The lowest BCUT2D eigenvalue weighted by Crippen LogP contribution is -2.56. The Kier molecular flexibility index (Phi) is 2.92. The SMILES string of the molecule is CN1C(=O)C[C@@]2(c3ccccc3)CCCC[C@H]2C1=O. The average molecular weight is 257 g/mol. The van der Waals surface area contributed by atoms with Crippen LogP contribution in [0.15, 0.2) is 30.3 Å². The van der Waals surface area contributed by atoms with Crippen LogP contribution in [0, 0.1) is 5.92 Å². The highest BCUT2D eigenvalue weighted by Gasteiger charge is 2.52. The molecule has 0 aromatic heterocycles. The minimum Gasteiger partial charge on any atom is -0.285 e. The third-order valence-corrected chi connectivity index (χ3v) is 4.85. The van der Waals surface area contributed by atoms with Crippen molar-refractivity contribution in [3.05, 3.63) is 35.9 Å². The van der Waals surface area contributed by atoms with Crippen LogP contribution < -0.4 is 0 Å². The molecule has 3 nitrogen and oxygen atoms in total. The zero-order chi connectivity index (χ0) is 13.5. The van der Waals surface area contributed by atoms with Crippen LogP contribution in [-0.2, 0) is 15.0 Å². The fraction of sp³-hybridized carbons (Fsp3) is 0.500. The first-order valence-corrected chi connectivity index (χ1v) is 7.01. The van der Waals surface area contributed by atoms with E-state index in [2.05, 4.69) is 12.1 Å². The molecule has 1 saturated carbocycles. The van der Waals surface area contributed by atoms with E-state index < -0.39 is 0 Å². The number of carbonyl (C=O) groups excluding carboxylic acids is 2. The van der Waals surface area contributed by atoms with Crippen molar-refractivity contribution >= 4 is 11.8 Å². The lowest BCUT2D eigenvalue weighted by molar-refractivity contribution is -0.155. The van der Waals surface area contributed by atoms with E-state index in [1.807, 2.05) is 18.2 Å². The summed E-state index contributed by atoms with van der Waals surface area (Å²) in [6.45, 7) is 0. The monoisotopic (exact) mass is 257 g/mol. The number of benzene rings is 1. The van der Waals surface area contributed by atoms with Crippen LogP contribution in [0.4, 0.5) is 0 Å². The smallest absolute Gasteiger partial charge is 0.232 e. The summed E-state index contributed by atoms with van der Waals surface area (Å²) in [5.74, 6) is -0.0434. The molecule has 1 saturated heterocycles. The van der Waals surface area contributed by atoms with Crippen LogP contribution in [0.3, 0.4) is 0 Å². The molecule has 0 radical (unpaired) electrons. The Morgan fingerprint density at radius 2 is 1.89 bits per heavy atom. The van der Waals surface area contributed by atoms with Gasteiger partial charge in [0.2, 0.25) is 11.8 Å². The summed E-state index contributed by atoms with van der Waals surface area (Å²) >= 11 is 0. The molecule has 1 aliphatic heterocycles. The highest BCUT2D eigenvalue weighted by atomic mass is 16.2. The molecule has 2 atom stereocenters. The van der Waals surface area contributed by atoms with Gasteiger partial charge in [-0.2, -0.15) is 0 Å². The predicted octanol–water partition coefficient (Wildman–Crippen LogP) is 2.50. The number of rotatable bonds is 1. The van der Waals surface area contributed by atoms with Gasteiger partial charge in [0, 0.05) is 24.8 Å². The summed E-state index contributed by atoms with van der Waals surface area (Å²) in [6.07, 6.45) is 4.53. The minimum absolute atomic E-state index is 0.0137. The van der Waals surface area contributed by atoms with Crippen molar-refractivity contribution in [2.24, 2.45) is 5.92 Å². The largest absolute Gasteiger partial charge is 0.285 e. The van der Waals surface area contributed by atoms with E-state index >= 15 is 0 Å². The molecule has 1 aromatic carbocycles. The van der Waals surface area contributed by atoms with E-state index in [1.165, 1.54) is 4.90 Å².